The Kier molecular flexibility index (Phi) is 5.69. The van der Waals surface area contributed by atoms with Crippen LogP contribution < -0.4 is 0 Å². The Morgan fingerprint density at radius 2 is 1.72 bits per heavy atom. The Labute approximate surface area is 179 Å². The van der Waals surface area contributed by atoms with Gasteiger partial charge in [-0.3, -0.25) is 19.3 Å². The van der Waals surface area contributed by atoms with Gasteiger partial charge in [0.15, 0.2) is 4.67 Å². The monoisotopic (exact) mass is 462 g/mol. The van der Waals surface area contributed by atoms with Crippen molar-refractivity contribution in [2.75, 3.05) is 13.1 Å². The third kappa shape index (κ3) is 3.47. The van der Waals surface area contributed by atoms with Crippen molar-refractivity contribution in [3.8, 4) is 0 Å². The van der Waals surface area contributed by atoms with Gasteiger partial charge in [-0.05, 0) is 59.2 Å². The molecule has 5 atom stereocenters. The number of carbonyl (C=O) groups is 3. The number of amides is 3. The highest BCUT2D eigenvalue weighted by atomic mass is 79.9. The van der Waals surface area contributed by atoms with Crippen molar-refractivity contribution >= 4 is 33.7 Å². The maximum Gasteiger partial charge on any atom is 0.234 e. The molecule has 3 amide bonds. The van der Waals surface area contributed by atoms with Crippen LogP contribution in [0.4, 0.5) is 0 Å². The Morgan fingerprint density at radius 1 is 1.14 bits per heavy atom. The zero-order valence-corrected chi connectivity index (χ0v) is 18.4. The molecule has 2 bridgehead atoms. The molecule has 1 aromatic rings. The topological polar surface area (TPSA) is 70.8 Å². The number of likely N-dealkylation sites (tertiary alicyclic amines) is 1. The van der Waals surface area contributed by atoms with Crippen molar-refractivity contribution in [1.82, 2.24) is 9.80 Å². The highest BCUT2D eigenvalue weighted by molar-refractivity contribution is 9.10. The molecule has 0 spiro atoms. The van der Waals surface area contributed by atoms with Crippen LogP contribution in [-0.2, 0) is 14.4 Å². The normalized spacial score (nSPS) is 28.3. The molecule has 5 unspecified atom stereocenters. The number of imide groups is 1. The first-order chi connectivity index (χ1) is 14.0. The lowest BCUT2D eigenvalue weighted by Gasteiger charge is -2.29. The lowest BCUT2D eigenvalue weighted by atomic mass is 9.85. The first-order valence-electron chi connectivity index (χ1n) is 10.5. The predicted octanol–water partition coefficient (Wildman–Crippen LogP) is 3.93. The molecule has 6 nitrogen and oxygen atoms in total. The smallest absolute Gasteiger partial charge is 0.234 e. The van der Waals surface area contributed by atoms with Gasteiger partial charge >= 0.3 is 0 Å². The number of fused-ring (bicyclic) bond motifs is 5. The van der Waals surface area contributed by atoms with Gasteiger partial charge in [-0.1, -0.05) is 26.0 Å². The van der Waals surface area contributed by atoms with Crippen LogP contribution >= 0.6 is 15.9 Å². The van der Waals surface area contributed by atoms with E-state index in [1.165, 1.54) is 4.90 Å². The quantitative estimate of drug-likeness (QED) is 0.433. The number of hydrogen-bond donors (Lipinski definition) is 0. The average Bonchev–Trinajstić information content (AvgIpc) is 3.45. The van der Waals surface area contributed by atoms with Crippen LogP contribution in [0.3, 0.4) is 0 Å². The highest BCUT2D eigenvalue weighted by Gasteiger charge is 2.61. The van der Waals surface area contributed by atoms with Gasteiger partial charge in [0.25, 0.3) is 0 Å². The fourth-order valence-corrected chi connectivity index (χ4v) is 5.57. The number of halogens is 1. The summed E-state index contributed by atoms with van der Waals surface area (Å²) in [5, 5.41) is 0. The largest absolute Gasteiger partial charge is 0.452 e. The second-order valence-electron chi connectivity index (χ2n) is 8.29. The molecule has 1 saturated carbocycles. The molecule has 4 rings (SSSR count). The Hall–Kier alpha value is -1.89. The van der Waals surface area contributed by atoms with Gasteiger partial charge in [-0.15, -0.1) is 0 Å². The molecular formula is C22H27BrN2O4. The predicted molar refractivity (Wildman–Crippen MR) is 110 cm³/mol. The van der Waals surface area contributed by atoms with Crippen LogP contribution in [0.25, 0.3) is 0 Å². The molecule has 156 valence electrons. The Bertz CT molecular complexity index is 812. The summed E-state index contributed by atoms with van der Waals surface area (Å²) in [6.45, 7) is 5.41. The van der Waals surface area contributed by atoms with Crippen molar-refractivity contribution in [2.45, 2.75) is 45.6 Å². The van der Waals surface area contributed by atoms with Crippen molar-refractivity contribution in [1.29, 1.82) is 0 Å². The van der Waals surface area contributed by atoms with Gasteiger partial charge in [-0.2, -0.15) is 0 Å². The van der Waals surface area contributed by atoms with E-state index >= 15 is 0 Å². The molecule has 2 fully saturated rings. The zero-order valence-electron chi connectivity index (χ0n) is 16.8. The first kappa shape index (κ1) is 20.4. The summed E-state index contributed by atoms with van der Waals surface area (Å²) in [5.74, 6) is -0.165. The summed E-state index contributed by atoms with van der Waals surface area (Å²) in [6, 6.07) is 2.78. The average molecular weight is 463 g/mol. The fourth-order valence-electron chi connectivity index (χ4n) is 5.25. The number of rotatable bonds is 8. The zero-order chi connectivity index (χ0) is 20.7. The van der Waals surface area contributed by atoms with E-state index in [4.69, 9.17) is 4.42 Å². The third-order valence-electron chi connectivity index (χ3n) is 6.45. The van der Waals surface area contributed by atoms with Crippen LogP contribution in [0.2, 0.25) is 0 Å². The van der Waals surface area contributed by atoms with E-state index in [-0.39, 0.29) is 47.8 Å². The molecule has 2 heterocycles. The van der Waals surface area contributed by atoms with Gasteiger partial charge in [0.1, 0.15) is 11.8 Å². The number of carbonyl (C=O) groups excluding carboxylic acids is 3. The van der Waals surface area contributed by atoms with Gasteiger partial charge in [-0.25, -0.2) is 0 Å². The highest BCUT2D eigenvalue weighted by Crippen LogP contribution is 2.54. The van der Waals surface area contributed by atoms with Crippen molar-refractivity contribution < 1.29 is 18.8 Å². The lowest BCUT2D eigenvalue weighted by molar-refractivity contribution is -0.145. The lowest BCUT2D eigenvalue weighted by Crippen LogP contribution is -2.40. The number of hydrogen-bond acceptors (Lipinski definition) is 4. The summed E-state index contributed by atoms with van der Waals surface area (Å²) in [5.41, 5.74) is 0. The minimum Gasteiger partial charge on any atom is -0.452 e. The van der Waals surface area contributed by atoms with Gasteiger partial charge in [0, 0.05) is 13.1 Å². The van der Waals surface area contributed by atoms with E-state index in [0.29, 0.717) is 23.5 Å². The molecule has 1 saturated heterocycles. The van der Waals surface area contributed by atoms with Crippen LogP contribution in [-0.4, -0.2) is 40.6 Å². The van der Waals surface area contributed by atoms with E-state index in [2.05, 4.69) is 28.1 Å². The molecule has 7 heteroatoms. The van der Waals surface area contributed by atoms with Crippen LogP contribution in [0.5, 0.6) is 0 Å². The fraction of sp³-hybridized carbons (Fsp3) is 0.591. The van der Waals surface area contributed by atoms with E-state index in [1.807, 2.05) is 18.7 Å². The van der Waals surface area contributed by atoms with Crippen LogP contribution in [0.15, 0.2) is 33.4 Å². The summed E-state index contributed by atoms with van der Waals surface area (Å²) in [4.78, 5) is 42.8. The van der Waals surface area contributed by atoms with Crippen LogP contribution in [0, 0.1) is 23.7 Å². The molecular weight excluding hydrogens is 436 g/mol. The minimum atomic E-state index is -0.699. The van der Waals surface area contributed by atoms with E-state index in [9.17, 15) is 14.4 Å². The molecule has 2 aliphatic carbocycles. The van der Waals surface area contributed by atoms with E-state index in [1.54, 1.807) is 12.1 Å². The molecule has 0 radical (unpaired) electrons. The molecule has 1 aromatic heterocycles. The summed E-state index contributed by atoms with van der Waals surface area (Å²) in [6.07, 6.45) is 6.83. The SMILES string of the molecule is CCCN(CCC)C(=O)CC(c1ccc(Br)o1)N1C(=O)C2C3C=CC(C3)C2C1=O. The van der Waals surface area contributed by atoms with Crippen molar-refractivity contribution in [3.05, 3.63) is 34.7 Å². The Balaban J connectivity index is 1.63. The number of allylic oxidation sites excluding steroid dienone is 2. The van der Waals surface area contributed by atoms with E-state index in [0.717, 1.165) is 19.3 Å². The molecule has 0 aromatic carbocycles. The standard InChI is InChI=1S/C22H27BrN2O4/c1-3-9-24(10-4-2)18(26)12-15(16-7-8-17(23)29-16)25-21(27)19-13-5-6-14(11-13)20(19)22(25)28/h5-8,13-15,19-20H,3-4,9-12H2,1-2H3. The molecule has 3 aliphatic rings. The van der Waals surface area contributed by atoms with Gasteiger partial charge < -0.3 is 9.32 Å². The van der Waals surface area contributed by atoms with Gasteiger partial charge in [0.05, 0.1) is 18.3 Å². The van der Waals surface area contributed by atoms with Crippen molar-refractivity contribution in [3.63, 3.8) is 0 Å². The maximum absolute atomic E-state index is 13.3. The number of nitrogens with zero attached hydrogens (tertiary/aromatic N) is 2. The Morgan fingerprint density at radius 3 is 2.21 bits per heavy atom. The third-order valence-corrected chi connectivity index (χ3v) is 6.87. The van der Waals surface area contributed by atoms with Gasteiger partial charge in [0.2, 0.25) is 17.7 Å². The van der Waals surface area contributed by atoms with E-state index < -0.39 is 6.04 Å². The first-order valence-corrected chi connectivity index (χ1v) is 11.3. The minimum absolute atomic E-state index is 0.0509. The molecule has 0 N–H and O–H groups in total. The summed E-state index contributed by atoms with van der Waals surface area (Å²) >= 11 is 3.30. The van der Waals surface area contributed by atoms with Crippen LogP contribution in [0.1, 0.15) is 51.3 Å². The molecule has 29 heavy (non-hydrogen) atoms. The second-order valence-corrected chi connectivity index (χ2v) is 9.07. The van der Waals surface area contributed by atoms with Crippen molar-refractivity contribution in [2.24, 2.45) is 23.7 Å². The second kappa shape index (κ2) is 8.09. The summed E-state index contributed by atoms with van der Waals surface area (Å²) < 4.78 is 6.25. The summed E-state index contributed by atoms with van der Waals surface area (Å²) in [7, 11) is 0. The molecule has 1 aliphatic heterocycles. The number of furan rings is 1. The maximum atomic E-state index is 13.3.